The Bertz CT molecular complexity index is 1170. The zero-order valence-electron chi connectivity index (χ0n) is 16.5. The molecule has 0 saturated heterocycles. The van der Waals surface area contributed by atoms with E-state index in [1.165, 1.54) is 39.9 Å². The monoisotopic (exact) mass is 463 g/mol. The number of sulfonamides is 1. The van der Waals surface area contributed by atoms with Gasteiger partial charge in [-0.1, -0.05) is 30.9 Å². The molecule has 3 aromatic rings. The predicted molar refractivity (Wildman–Crippen MR) is 121 cm³/mol. The molecule has 0 aliphatic heterocycles. The highest BCUT2D eigenvalue weighted by Crippen LogP contribution is 2.32. The lowest BCUT2D eigenvalue weighted by Crippen LogP contribution is -2.38. The number of thiazole rings is 1. The molecule has 0 unspecified atom stereocenters. The fourth-order valence-electron chi connectivity index (χ4n) is 3.80. The molecule has 1 N–H and O–H groups in total. The summed E-state index contributed by atoms with van der Waals surface area (Å²) in [4.78, 5) is 17.1. The smallest absolute Gasteiger partial charge is 0.255 e. The molecule has 0 spiro atoms. The SMILES string of the molecule is CN(C1CCCCC1)S(=O)(=O)c1ccc(C(=O)Nc2ccc(Cl)c3ncsc23)cc1. The van der Waals surface area contributed by atoms with Gasteiger partial charge < -0.3 is 5.32 Å². The van der Waals surface area contributed by atoms with E-state index in [-0.39, 0.29) is 16.8 Å². The minimum atomic E-state index is -3.59. The lowest BCUT2D eigenvalue weighted by molar-refractivity contribution is 0.102. The second kappa shape index (κ2) is 8.63. The third-order valence-electron chi connectivity index (χ3n) is 5.57. The molecule has 1 aromatic heterocycles. The third kappa shape index (κ3) is 4.09. The van der Waals surface area contributed by atoms with Gasteiger partial charge in [0.15, 0.2) is 0 Å². The Balaban J connectivity index is 1.52. The summed E-state index contributed by atoms with van der Waals surface area (Å²) in [5.41, 5.74) is 3.32. The first kappa shape index (κ1) is 21.2. The topological polar surface area (TPSA) is 79.4 Å². The van der Waals surface area contributed by atoms with Gasteiger partial charge in [-0.2, -0.15) is 4.31 Å². The van der Waals surface area contributed by atoms with Crippen LogP contribution in [-0.2, 0) is 10.0 Å². The minimum absolute atomic E-state index is 0.0402. The van der Waals surface area contributed by atoms with Crippen molar-refractivity contribution in [3.05, 3.63) is 52.5 Å². The summed E-state index contributed by atoms with van der Waals surface area (Å²) in [7, 11) is -1.94. The molecule has 1 heterocycles. The normalized spacial score (nSPS) is 15.6. The van der Waals surface area contributed by atoms with E-state index in [4.69, 9.17) is 11.6 Å². The van der Waals surface area contributed by atoms with Crippen LogP contribution in [0.15, 0.2) is 46.8 Å². The Hall–Kier alpha value is -2.00. The van der Waals surface area contributed by atoms with Gasteiger partial charge in [0.25, 0.3) is 5.91 Å². The molecule has 1 saturated carbocycles. The molecule has 0 radical (unpaired) electrons. The molecule has 0 bridgehead atoms. The fourth-order valence-corrected chi connectivity index (χ4v) is 6.26. The fraction of sp³-hybridized carbons (Fsp3) is 0.333. The molecule has 6 nitrogen and oxygen atoms in total. The maximum atomic E-state index is 13.0. The Kier molecular flexibility index (Phi) is 6.11. The molecule has 2 aromatic carbocycles. The molecular weight excluding hydrogens is 442 g/mol. The molecule has 30 heavy (non-hydrogen) atoms. The number of amides is 1. The third-order valence-corrected chi connectivity index (χ3v) is 8.65. The summed E-state index contributed by atoms with van der Waals surface area (Å²) >= 11 is 7.53. The van der Waals surface area contributed by atoms with Gasteiger partial charge in [0.05, 0.1) is 25.8 Å². The number of hydrogen-bond donors (Lipinski definition) is 1. The van der Waals surface area contributed by atoms with E-state index in [0.717, 1.165) is 36.8 Å². The summed E-state index contributed by atoms with van der Waals surface area (Å²) in [6.45, 7) is 0. The average molecular weight is 464 g/mol. The predicted octanol–water partition coefficient (Wildman–Crippen LogP) is 5.16. The van der Waals surface area contributed by atoms with Crippen LogP contribution >= 0.6 is 22.9 Å². The summed E-state index contributed by atoms with van der Waals surface area (Å²) in [5, 5.41) is 3.39. The van der Waals surface area contributed by atoms with Gasteiger partial charge >= 0.3 is 0 Å². The van der Waals surface area contributed by atoms with Gasteiger partial charge in [0.2, 0.25) is 10.0 Å². The van der Waals surface area contributed by atoms with Gasteiger partial charge in [0, 0.05) is 18.7 Å². The molecule has 1 aliphatic rings. The molecule has 4 rings (SSSR count). The van der Waals surface area contributed by atoms with Crippen LogP contribution in [-0.4, -0.2) is 36.7 Å². The van der Waals surface area contributed by atoms with E-state index in [9.17, 15) is 13.2 Å². The van der Waals surface area contributed by atoms with Gasteiger partial charge in [-0.3, -0.25) is 4.79 Å². The van der Waals surface area contributed by atoms with Crippen molar-refractivity contribution in [3.63, 3.8) is 0 Å². The Morgan fingerprint density at radius 2 is 1.83 bits per heavy atom. The highest BCUT2D eigenvalue weighted by atomic mass is 35.5. The Labute approximate surface area is 184 Å². The number of nitrogens with zero attached hydrogens (tertiary/aromatic N) is 2. The number of rotatable bonds is 5. The van der Waals surface area contributed by atoms with Crippen LogP contribution < -0.4 is 5.32 Å². The first-order chi connectivity index (χ1) is 14.4. The van der Waals surface area contributed by atoms with Crippen molar-refractivity contribution in [2.24, 2.45) is 0 Å². The van der Waals surface area contributed by atoms with E-state index in [2.05, 4.69) is 10.3 Å². The lowest BCUT2D eigenvalue weighted by atomic mass is 9.96. The van der Waals surface area contributed by atoms with Crippen LogP contribution in [0.1, 0.15) is 42.5 Å². The summed E-state index contributed by atoms with van der Waals surface area (Å²) in [5.74, 6) is -0.323. The molecule has 158 valence electrons. The molecular formula is C21H22ClN3O3S2. The van der Waals surface area contributed by atoms with Gasteiger partial charge in [-0.05, 0) is 49.2 Å². The van der Waals surface area contributed by atoms with Crippen molar-refractivity contribution < 1.29 is 13.2 Å². The number of carbonyl (C=O) groups is 1. The number of fused-ring (bicyclic) bond motifs is 1. The van der Waals surface area contributed by atoms with E-state index in [1.807, 2.05) is 0 Å². The average Bonchev–Trinajstić information content (AvgIpc) is 3.27. The van der Waals surface area contributed by atoms with E-state index >= 15 is 0 Å². The van der Waals surface area contributed by atoms with Crippen LogP contribution in [0.3, 0.4) is 0 Å². The van der Waals surface area contributed by atoms with Crippen molar-refractivity contribution in [2.45, 2.75) is 43.0 Å². The van der Waals surface area contributed by atoms with Crippen molar-refractivity contribution >= 4 is 54.8 Å². The number of halogens is 1. The van der Waals surface area contributed by atoms with Crippen molar-refractivity contribution in [3.8, 4) is 0 Å². The van der Waals surface area contributed by atoms with Crippen LogP contribution in [0.4, 0.5) is 5.69 Å². The van der Waals surface area contributed by atoms with Crippen LogP contribution in [0.5, 0.6) is 0 Å². The first-order valence-electron chi connectivity index (χ1n) is 9.79. The highest BCUT2D eigenvalue weighted by Gasteiger charge is 2.29. The number of aromatic nitrogens is 1. The zero-order chi connectivity index (χ0) is 21.3. The number of nitrogens with one attached hydrogen (secondary N) is 1. The van der Waals surface area contributed by atoms with E-state index < -0.39 is 10.0 Å². The first-order valence-corrected chi connectivity index (χ1v) is 12.5. The summed E-state index contributed by atoms with van der Waals surface area (Å²) < 4.78 is 28.2. The van der Waals surface area contributed by atoms with Crippen molar-refractivity contribution in [1.82, 2.24) is 9.29 Å². The second-order valence-corrected chi connectivity index (χ2v) is 10.7. The molecule has 1 aliphatic carbocycles. The maximum Gasteiger partial charge on any atom is 0.255 e. The van der Waals surface area contributed by atoms with Gasteiger partial charge in [-0.15, -0.1) is 11.3 Å². The molecule has 1 fully saturated rings. The van der Waals surface area contributed by atoms with Crippen LogP contribution in [0.2, 0.25) is 5.02 Å². The minimum Gasteiger partial charge on any atom is -0.321 e. The number of anilines is 1. The Morgan fingerprint density at radius 1 is 1.13 bits per heavy atom. The lowest BCUT2D eigenvalue weighted by Gasteiger charge is -2.30. The van der Waals surface area contributed by atoms with E-state index in [0.29, 0.717) is 21.8 Å². The van der Waals surface area contributed by atoms with Crippen molar-refractivity contribution in [2.75, 3.05) is 12.4 Å². The van der Waals surface area contributed by atoms with Gasteiger partial charge in [-0.25, -0.2) is 13.4 Å². The van der Waals surface area contributed by atoms with E-state index in [1.54, 1.807) is 24.7 Å². The largest absolute Gasteiger partial charge is 0.321 e. The number of benzene rings is 2. The number of carbonyl (C=O) groups excluding carboxylic acids is 1. The summed E-state index contributed by atoms with van der Waals surface area (Å²) in [6.07, 6.45) is 5.06. The number of hydrogen-bond acceptors (Lipinski definition) is 5. The zero-order valence-corrected chi connectivity index (χ0v) is 18.9. The van der Waals surface area contributed by atoms with Crippen LogP contribution in [0.25, 0.3) is 10.2 Å². The second-order valence-electron chi connectivity index (χ2n) is 7.42. The molecule has 9 heteroatoms. The quantitative estimate of drug-likeness (QED) is 0.567. The standard InChI is InChI=1S/C21H22ClN3O3S2/c1-25(15-5-3-2-4-6-15)30(27,28)16-9-7-14(8-10-16)21(26)24-18-12-11-17(22)19-20(18)29-13-23-19/h7-13,15H,2-6H2,1H3,(H,24,26). The molecule has 0 atom stereocenters. The Morgan fingerprint density at radius 3 is 2.53 bits per heavy atom. The highest BCUT2D eigenvalue weighted by molar-refractivity contribution is 7.89. The molecule has 1 amide bonds. The van der Waals surface area contributed by atoms with Crippen molar-refractivity contribution in [1.29, 1.82) is 0 Å². The summed E-state index contributed by atoms with van der Waals surface area (Å²) in [6, 6.07) is 9.53. The maximum absolute atomic E-state index is 13.0. The van der Waals surface area contributed by atoms with Gasteiger partial charge in [0.1, 0.15) is 5.52 Å². The van der Waals surface area contributed by atoms with Crippen LogP contribution in [0, 0.1) is 0 Å².